The minimum atomic E-state index is -0.478. The minimum Gasteiger partial charge on any atom is -0.497 e. The maximum atomic E-state index is 11.3. The molecule has 130 valence electrons. The molecule has 0 spiro atoms. The molecule has 4 rings (SSSR count). The fourth-order valence-electron chi connectivity index (χ4n) is 5.93. The van der Waals surface area contributed by atoms with Crippen LogP contribution in [-0.4, -0.2) is 17.8 Å². The van der Waals surface area contributed by atoms with Gasteiger partial charge in [-0.05, 0) is 86.1 Å². The Morgan fingerprint density at radius 2 is 2.04 bits per heavy atom. The van der Waals surface area contributed by atoms with Crippen molar-refractivity contribution in [1.82, 2.24) is 0 Å². The van der Waals surface area contributed by atoms with E-state index in [0.29, 0.717) is 5.92 Å². The number of hydrogen-bond donors (Lipinski definition) is 1. The highest BCUT2D eigenvalue weighted by Gasteiger charge is 2.55. The highest BCUT2D eigenvalue weighted by molar-refractivity contribution is 5.75. The van der Waals surface area contributed by atoms with Crippen LogP contribution in [0.15, 0.2) is 23.8 Å². The summed E-state index contributed by atoms with van der Waals surface area (Å²) in [5.74, 6) is 1.53. The van der Waals surface area contributed by atoms with Gasteiger partial charge in [-0.3, -0.25) is 0 Å². The van der Waals surface area contributed by atoms with Crippen molar-refractivity contribution in [3.8, 4) is 5.75 Å². The molecule has 3 aliphatic carbocycles. The molecule has 0 amide bonds. The molecule has 1 aromatic carbocycles. The molecule has 1 saturated carbocycles. The number of ether oxygens (including phenoxy) is 1. The van der Waals surface area contributed by atoms with Crippen molar-refractivity contribution in [3.05, 3.63) is 34.9 Å². The molecule has 3 atom stereocenters. The van der Waals surface area contributed by atoms with Gasteiger partial charge < -0.3 is 9.84 Å². The van der Waals surface area contributed by atoms with Crippen LogP contribution < -0.4 is 4.74 Å². The second kappa shape index (κ2) is 5.62. The lowest BCUT2D eigenvalue weighted by molar-refractivity contribution is -0.136. The molecule has 0 aliphatic heterocycles. The van der Waals surface area contributed by atoms with Crippen molar-refractivity contribution in [3.63, 3.8) is 0 Å². The summed E-state index contributed by atoms with van der Waals surface area (Å²) < 4.78 is 5.41. The summed E-state index contributed by atoms with van der Waals surface area (Å²) in [6.45, 7) is 4.54. The largest absolute Gasteiger partial charge is 0.497 e. The first kappa shape index (κ1) is 16.2. The number of allylic oxidation sites excluding steroid dienone is 2. The van der Waals surface area contributed by atoms with Crippen molar-refractivity contribution < 1.29 is 9.84 Å². The Morgan fingerprint density at radius 1 is 1.21 bits per heavy atom. The highest BCUT2D eigenvalue weighted by atomic mass is 16.5. The number of methoxy groups -OCH3 is 1. The van der Waals surface area contributed by atoms with Crippen LogP contribution in [0.2, 0.25) is 0 Å². The smallest absolute Gasteiger partial charge is 0.119 e. The molecule has 1 fully saturated rings. The number of rotatable bonds is 2. The third-order valence-corrected chi connectivity index (χ3v) is 7.50. The van der Waals surface area contributed by atoms with E-state index in [1.807, 2.05) is 0 Å². The molecule has 2 nitrogen and oxygen atoms in total. The van der Waals surface area contributed by atoms with Gasteiger partial charge in [0.15, 0.2) is 0 Å². The molecule has 1 N–H and O–H groups in total. The van der Waals surface area contributed by atoms with Crippen LogP contribution in [0, 0.1) is 11.3 Å². The Hall–Kier alpha value is -1.28. The van der Waals surface area contributed by atoms with E-state index in [1.165, 1.54) is 17.5 Å². The van der Waals surface area contributed by atoms with Crippen LogP contribution in [0.4, 0.5) is 0 Å². The lowest BCUT2D eigenvalue weighted by atomic mass is 9.50. The summed E-state index contributed by atoms with van der Waals surface area (Å²) in [6.07, 6.45) is 8.79. The minimum absolute atomic E-state index is 0.0583. The zero-order valence-electron chi connectivity index (χ0n) is 15.3. The lowest BCUT2D eigenvalue weighted by Crippen LogP contribution is -2.55. The third kappa shape index (κ3) is 2.12. The van der Waals surface area contributed by atoms with E-state index in [-0.39, 0.29) is 5.41 Å². The van der Waals surface area contributed by atoms with E-state index in [9.17, 15) is 5.11 Å². The fourth-order valence-corrected chi connectivity index (χ4v) is 5.93. The molecule has 0 radical (unpaired) electrons. The number of aliphatic hydroxyl groups is 1. The molecule has 0 saturated heterocycles. The van der Waals surface area contributed by atoms with Gasteiger partial charge in [-0.25, -0.2) is 0 Å². The van der Waals surface area contributed by atoms with Crippen molar-refractivity contribution >= 4 is 5.57 Å². The average Bonchev–Trinajstić information content (AvgIpc) is 2.61. The van der Waals surface area contributed by atoms with Crippen molar-refractivity contribution in [1.29, 1.82) is 0 Å². The molecular weight excluding hydrogens is 296 g/mol. The summed E-state index contributed by atoms with van der Waals surface area (Å²) >= 11 is 0. The SMILES string of the molecule is CC[C@@]1(O)CCC[C@H]2C3=C(CC[C@@]21C)c1ccc(OC)cc1CC3. The standard InChI is InChI=1S/C22H30O2/c1-4-22(23)12-5-6-20-19-9-7-15-14-16(24-3)8-10-17(15)18(19)11-13-21(20,22)2/h8,10,14,20,23H,4-7,9,11-13H2,1-3H3/t20-,21-,22+/m0/s1. The number of benzene rings is 1. The maximum Gasteiger partial charge on any atom is 0.119 e. The Labute approximate surface area is 145 Å². The molecule has 24 heavy (non-hydrogen) atoms. The van der Waals surface area contributed by atoms with Gasteiger partial charge in [0, 0.05) is 5.41 Å². The second-order valence-electron chi connectivity index (χ2n) is 8.27. The molecular formula is C22H30O2. The molecule has 0 unspecified atom stereocenters. The van der Waals surface area contributed by atoms with E-state index in [4.69, 9.17) is 4.74 Å². The summed E-state index contributed by atoms with van der Waals surface area (Å²) in [7, 11) is 1.74. The first-order valence-electron chi connectivity index (χ1n) is 9.64. The first-order valence-corrected chi connectivity index (χ1v) is 9.64. The van der Waals surface area contributed by atoms with Gasteiger partial charge in [-0.1, -0.05) is 25.5 Å². The van der Waals surface area contributed by atoms with E-state index < -0.39 is 5.60 Å². The van der Waals surface area contributed by atoms with E-state index in [2.05, 4.69) is 32.0 Å². The van der Waals surface area contributed by atoms with Gasteiger partial charge in [0.1, 0.15) is 5.75 Å². The van der Waals surface area contributed by atoms with Crippen LogP contribution in [0.3, 0.4) is 0 Å². The Morgan fingerprint density at radius 3 is 2.79 bits per heavy atom. The van der Waals surface area contributed by atoms with Crippen molar-refractivity contribution in [2.75, 3.05) is 7.11 Å². The zero-order chi connectivity index (χ0) is 16.9. The fraction of sp³-hybridized carbons (Fsp3) is 0.636. The van der Waals surface area contributed by atoms with E-state index in [1.54, 1.807) is 18.3 Å². The van der Waals surface area contributed by atoms with Crippen LogP contribution in [0.25, 0.3) is 5.57 Å². The van der Waals surface area contributed by atoms with Gasteiger partial charge in [-0.2, -0.15) is 0 Å². The first-order chi connectivity index (χ1) is 11.5. The van der Waals surface area contributed by atoms with Crippen LogP contribution in [-0.2, 0) is 6.42 Å². The van der Waals surface area contributed by atoms with Crippen LogP contribution in [0.5, 0.6) is 5.75 Å². The van der Waals surface area contributed by atoms with Crippen molar-refractivity contribution in [2.24, 2.45) is 11.3 Å². The van der Waals surface area contributed by atoms with Gasteiger partial charge in [0.2, 0.25) is 0 Å². The third-order valence-electron chi connectivity index (χ3n) is 7.50. The van der Waals surface area contributed by atoms with Gasteiger partial charge in [0.25, 0.3) is 0 Å². The lowest BCUT2D eigenvalue weighted by Gasteiger charge is -2.57. The summed E-state index contributed by atoms with van der Waals surface area (Å²) in [5, 5.41) is 11.3. The topological polar surface area (TPSA) is 29.5 Å². The van der Waals surface area contributed by atoms with Gasteiger partial charge in [-0.15, -0.1) is 0 Å². The van der Waals surface area contributed by atoms with Crippen molar-refractivity contribution in [2.45, 2.75) is 70.8 Å². The second-order valence-corrected chi connectivity index (χ2v) is 8.27. The predicted molar refractivity (Wildman–Crippen MR) is 98.2 cm³/mol. The monoisotopic (exact) mass is 326 g/mol. The molecule has 0 aromatic heterocycles. The highest BCUT2D eigenvalue weighted by Crippen LogP contribution is 2.60. The number of hydrogen-bond acceptors (Lipinski definition) is 2. The van der Waals surface area contributed by atoms with Crippen LogP contribution in [0.1, 0.15) is 69.9 Å². The van der Waals surface area contributed by atoms with Gasteiger partial charge >= 0.3 is 0 Å². The summed E-state index contributed by atoms with van der Waals surface area (Å²) in [6, 6.07) is 6.59. The van der Waals surface area contributed by atoms with E-state index in [0.717, 1.165) is 50.7 Å². The zero-order valence-corrected chi connectivity index (χ0v) is 15.3. The quantitative estimate of drug-likeness (QED) is 0.816. The number of aryl methyl sites for hydroxylation is 1. The Bertz CT molecular complexity index is 689. The molecule has 1 aromatic rings. The van der Waals surface area contributed by atoms with Gasteiger partial charge in [0.05, 0.1) is 12.7 Å². The Balaban J connectivity index is 1.78. The molecule has 2 heteroatoms. The Kier molecular flexibility index (Phi) is 3.80. The maximum absolute atomic E-state index is 11.3. The van der Waals surface area contributed by atoms with E-state index >= 15 is 0 Å². The molecule has 0 heterocycles. The molecule has 0 bridgehead atoms. The van der Waals surface area contributed by atoms with Crippen LogP contribution >= 0.6 is 0 Å². The molecule has 3 aliphatic rings. The predicted octanol–water partition coefficient (Wildman–Crippen LogP) is 5.14. The average molecular weight is 326 g/mol. The number of fused-ring (bicyclic) bond motifs is 4. The summed E-state index contributed by atoms with van der Waals surface area (Å²) in [4.78, 5) is 0. The summed E-state index contributed by atoms with van der Waals surface area (Å²) in [5.41, 5.74) is 5.72. The normalized spacial score (nSPS) is 35.1.